The van der Waals surface area contributed by atoms with Gasteiger partial charge in [0.2, 0.25) is 0 Å². The van der Waals surface area contributed by atoms with Crippen LogP contribution in [0.15, 0.2) is 40.6 Å². The maximum Gasteiger partial charge on any atom is 0.271 e. The number of sulfonamides is 1. The summed E-state index contributed by atoms with van der Waals surface area (Å²) in [6, 6.07) is 9.75. The van der Waals surface area contributed by atoms with Gasteiger partial charge in [-0.2, -0.15) is 0 Å². The van der Waals surface area contributed by atoms with Crippen molar-refractivity contribution in [3.8, 4) is 0 Å². The molecule has 1 amide bonds. The predicted octanol–water partition coefficient (Wildman–Crippen LogP) is 4.26. The van der Waals surface area contributed by atoms with Crippen LogP contribution in [0.1, 0.15) is 42.5 Å². The lowest BCUT2D eigenvalue weighted by molar-refractivity contribution is 0.0928. The molecule has 0 saturated heterocycles. The summed E-state index contributed by atoms with van der Waals surface area (Å²) in [6.07, 6.45) is 5.35. The predicted molar refractivity (Wildman–Crippen MR) is 101 cm³/mol. The number of amides is 1. The van der Waals surface area contributed by atoms with E-state index in [2.05, 4.69) is 10.0 Å². The Kier molecular flexibility index (Phi) is 5.66. The second-order valence-electron chi connectivity index (χ2n) is 6.02. The number of carbonyl (C=O) groups excluding carboxylic acids is 1. The highest BCUT2D eigenvalue weighted by Gasteiger charge is 2.22. The van der Waals surface area contributed by atoms with Gasteiger partial charge >= 0.3 is 0 Å². The number of halogens is 1. The van der Waals surface area contributed by atoms with Crippen molar-refractivity contribution in [3.05, 3.63) is 46.3 Å². The van der Waals surface area contributed by atoms with Crippen molar-refractivity contribution in [2.24, 2.45) is 0 Å². The smallest absolute Gasteiger partial charge is 0.271 e. The van der Waals surface area contributed by atoms with E-state index in [1.165, 1.54) is 18.6 Å². The summed E-state index contributed by atoms with van der Waals surface area (Å²) in [5.41, 5.74) is 0.583. The van der Waals surface area contributed by atoms with Crippen molar-refractivity contribution in [3.63, 3.8) is 0 Å². The lowest BCUT2D eigenvalue weighted by atomic mass is 9.95. The third-order valence-corrected chi connectivity index (χ3v) is 7.26. The van der Waals surface area contributed by atoms with Gasteiger partial charge in [0, 0.05) is 6.04 Å². The number of carbonyl (C=O) groups is 1. The van der Waals surface area contributed by atoms with E-state index >= 15 is 0 Å². The molecule has 1 heterocycles. The van der Waals surface area contributed by atoms with Crippen molar-refractivity contribution in [1.29, 1.82) is 0 Å². The first-order valence-electron chi connectivity index (χ1n) is 8.14. The highest BCUT2D eigenvalue weighted by molar-refractivity contribution is 7.94. The van der Waals surface area contributed by atoms with Crippen LogP contribution in [0.4, 0.5) is 5.69 Å². The van der Waals surface area contributed by atoms with Gasteiger partial charge in [-0.05, 0) is 37.1 Å². The Hall–Kier alpha value is -1.57. The Morgan fingerprint density at radius 2 is 1.80 bits per heavy atom. The first kappa shape index (κ1) is 18.2. The first-order valence-corrected chi connectivity index (χ1v) is 10.8. The van der Waals surface area contributed by atoms with Gasteiger partial charge in [0.1, 0.15) is 4.21 Å². The Labute approximate surface area is 156 Å². The molecule has 134 valence electrons. The molecule has 3 rings (SSSR count). The van der Waals surface area contributed by atoms with Crippen LogP contribution < -0.4 is 10.0 Å². The van der Waals surface area contributed by atoms with Crippen molar-refractivity contribution in [2.75, 3.05) is 4.72 Å². The Balaban J connectivity index is 1.79. The molecule has 1 aromatic carbocycles. The minimum Gasteiger partial charge on any atom is -0.349 e. The highest BCUT2D eigenvalue weighted by atomic mass is 35.5. The molecule has 0 unspecified atom stereocenters. The molecular weight excluding hydrogens is 380 g/mol. The molecule has 0 aliphatic heterocycles. The number of nitrogens with one attached hydrogen (secondary N) is 2. The molecule has 8 heteroatoms. The lowest BCUT2D eigenvalue weighted by Gasteiger charge is -2.23. The van der Waals surface area contributed by atoms with E-state index in [0.717, 1.165) is 37.0 Å². The fourth-order valence-corrected chi connectivity index (χ4v) is 5.48. The molecule has 5 nitrogen and oxygen atoms in total. The summed E-state index contributed by atoms with van der Waals surface area (Å²) in [4.78, 5) is 12.6. The number of rotatable bonds is 5. The van der Waals surface area contributed by atoms with E-state index in [4.69, 9.17) is 11.6 Å². The molecular formula is C17H19ClN2O3S2. The molecule has 2 N–H and O–H groups in total. The molecule has 1 aromatic heterocycles. The van der Waals surface area contributed by atoms with Gasteiger partial charge in [-0.1, -0.05) is 43.0 Å². The second kappa shape index (κ2) is 7.76. The molecule has 1 aliphatic carbocycles. The Bertz CT molecular complexity index is 858. The minimum absolute atomic E-state index is 0.111. The largest absolute Gasteiger partial charge is 0.349 e. The molecule has 1 saturated carbocycles. The molecule has 0 radical (unpaired) electrons. The van der Waals surface area contributed by atoms with Gasteiger partial charge in [-0.15, -0.1) is 11.3 Å². The number of para-hydroxylation sites is 1. The molecule has 1 aliphatic rings. The fraction of sp³-hybridized carbons (Fsp3) is 0.353. The minimum atomic E-state index is -3.78. The SMILES string of the molecule is O=C(NC1CCCCC1)c1ccccc1NS(=O)(=O)c1ccc(Cl)s1. The van der Waals surface area contributed by atoms with E-state index < -0.39 is 10.0 Å². The average molecular weight is 399 g/mol. The van der Waals surface area contributed by atoms with E-state index in [1.807, 2.05) is 0 Å². The number of benzene rings is 1. The summed E-state index contributed by atoms with van der Waals surface area (Å²) < 4.78 is 28.0. The number of thiophene rings is 1. The maximum atomic E-state index is 12.6. The van der Waals surface area contributed by atoms with Gasteiger partial charge in [-0.25, -0.2) is 8.42 Å². The van der Waals surface area contributed by atoms with Gasteiger partial charge < -0.3 is 5.32 Å². The topological polar surface area (TPSA) is 75.3 Å². The van der Waals surface area contributed by atoms with Crippen LogP contribution in [0.25, 0.3) is 0 Å². The van der Waals surface area contributed by atoms with Crippen molar-refractivity contribution in [2.45, 2.75) is 42.4 Å². The van der Waals surface area contributed by atoms with Crippen LogP contribution in [-0.2, 0) is 10.0 Å². The molecule has 0 atom stereocenters. The molecule has 2 aromatic rings. The monoisotopic (exact) mass is 398 g/mol. The van der Waals surface area contributed by atoms with Crippen LogP contribution in [-0.4, -0.2) is 20.4 Å². The zero-order valence-corrected chi connectivity index (χ0v) is 15.9. The zero-order chi connectivity index (χ0) is 17.9. The average Bonchev–Trinajstić information content (AvgIpc) is 3.03. The highest BCUT2D eigenvalue weighted by Crippen LogP contribution is 2.28. The quantitative estimate of drug-likeness (QED) is 0.789. The van der Waals surface area contributed by atoms with E-state index in [0.29, 0.717) is 9.90 Å². The molecule has 1 fully saturated rings. The Morgan fingerprint density at radius 3 is 2.48 bits per heavy atom. The number of hydrogen-bond acceptors (Lipinski definition) is 4. The van der Waals surface area contributed by atoms with Crippen LogP contribution in [0, 0.1) is 0 Å². The molecule has 25 heavy (non-hydrogen) atoms. The number of hydrogen-bond donors (Lipinski definition) is 2. The van der Waals surface area contributed by atoms with Gasteiger partial charge in [0.05, 0.1) is 15.6 Å². The van der Waals surface area contributed by atoms with Gasteiger partial charge in [-0.3, -0.25) is 9.52 Å². The van der Waals surface area contributed by atoms with Crippen molar-refractivity contribution in [1.82, 2.24) is 5.32 Å². The van der Waals surface area contributed by atoms with Crippen LogP contribution in [0.5, 0.6) is 0 Å². The molecule has 0 spiro atoms. The zero-order valence-electron chi connectivity index (χ0n) is 13.5. The van der Waals surface area contributed by atoms with E-state index in [-0.39, 0.29) is 21.8 Å². The first-order chi connectivity index (χ1) is 12.0. The summed E-state index contributed by atoms with van der Waals surface area (Å²) >= 11 is 6.79. The van der Waals surface area contributed by atoms with E-state index in [9.17, 15) is 13.2 Å². The number of anilines is 1. The maximum absolute atomic E-state index is 12.6. The van der Waals surface area contributed by atoms with Gasteiger partial charge in [0.15, 0.2) is 0 Å². The van der Waals surface area contributed by atoms with Crippen molar-refractivity contribution >= 4 is 44.6 Å². The van der Waals surface area contributed by atoms with Crippen LogP contribution in [0.2, 0.25) is 4.34 Å². The normalized spacial score (nSPS) is 15.7. The summed E-state index contributed by atoms with van der Waals surface area (Å²) in [6.45, 7) is 0. The summed E-state index contributed by atoms with van der Waals surface area (Å²) in [7, 11) is -3.78. The summed E-state index contributed by atoms with van der Waals surface area (Å²) in [5, 5.41) is 3.01. The third-order valence-electron chi connectivity index (χ3n) is 4.17. The Morgan fingerprint density at radius 1 is 1.08 bits per heavy atom. The second-order valence-corrected chi connectivity index (χ2v) is 9.64. The fourth-order valence-electron chi connectivity index (χ4n) is 2.92. The van der Waals surface area contributed by atoms with Gasteiger partial charge in [0.25, 0.3) is 15.9 Å². The summed E-state index contributed by atoms with van der Waals surface area (Å²) in [5.74, 6) is -0.255. The van der Waals surface area contributed by atoms with E-state index in [1.54, 1.807) is 24.3 Å². The lowest BCUT2D eigenvalue weighted by Crippen LogP contribution is -2.36. The van der Waals surface area contributed by atoms with Crippen molar-refractivity contribution < 1.29 is 13.2 Å². The third kappa shape index (κ3) is 4.54. The van der Waals surface area contributed by atoms with Crippen LogP contribution >= 0.6 is 22.9 Å². The standard InChI is InChI=1S/C17H19ClN2O3S2/c18-15-10-11-16(24-15)25(22,23)20-14-9-5-4-8-13(14)17(21)19-12-6-2-1-3-7-12/h4-5,8-12,20H,1-3,6-7H2,(H,19,21). The van der Waals surface area contributed by atoms with Crippen LogP contribution in [0.3, 0.4) is 0 Å². The molecule has 0 bridgehead atoms.